The van der Waals surface area contributed by atoms with Crippen molar-refractivity contribution in [2.75, 3.05) is 7.11 Å². The van der Waals surface area contributed by atoms with Crippen LogP contribution >= 0.6 is 0 Å². The van der Waals surface area contributed by atoms with E-state index in [1.165, 1.54) is 31.4 Å². The standard InChI is InChI=1S/C20H16F3N5O3S/c1-31-18-7-2-12(16-8-9-25-26-16)10-15(18)17-11-19(20(21,22)23)27-28(17)13-3-5-14(6-4-13)32(24,29)30/h2-11H,1H3,(H,25,26)(H2,24,29,30). The van der Waals surface area contributed by atoms with E-state index in [2.05, 4.69) is 15.3 Å². The zero-order valence-electron chi connectivity index (χ0n) is 16.5. The maximum atomic E-state index is 13.5. The van der Waals surface area contributed by atoms with Gasteiger partial charge in [-0.1, -0.05) is 0 Å². The summed E-state index contributed by atoms with van der Waals surface area (Å²) >= 11 is 0. The highest BCUT2D eigenvalue weighted by atomic mass is 32.2. The quantitative estimate of drug-likeness (QED) is 0.469. The third-order valence-electron chi connectivity index (χ3n) is 4.70. The number of alkyl halides is 3. The van der Waals surface area contributed by atoms with Crippen LogP contribution < -0.4 is 9.88 Å². The fourth-order valence-electron chi connectivity index (χ4n) is 3.18. The van der Waals surface area contributed by atoms with Crippen LogP contribution in [0.4, 0.5) is 13.2 Å². The maximum absolute atomic E-state index is 13.5. The molecule has 0 fully saturated rings. The zero-order chi connectivity index (χ0) is 23.1. The molecule has 0 unspecified atom stereocenters. The van der Waals surface area contributed by atoms with Crippen molar-refractivity contribution in [2.45, 2.75) is 11.1 Å². The molecule has 8 nitrogen and oxygen atoms in total. The SMILES string of the molecule is COc1ccc(-c2ccn[nH]2)cc1-c1cc(C(F)(F)F)nn1-c1ccc(S(N)(=O)=O)cc1. The fraction of sp³-hybridized carbons (Fsp3) is 0.100. The highest BCUT2D eigenvalue weighted by molar-refractivity contribution is 7.89. The van der Waals surface area contributed by atoms with Crippen molar-refractivity contribution < 1.29 is 26.3 Å². The average Bonchev–Trinajstić information content (AvgIpc) is 3.43. The van der Waals surface area contributed by atoms with E-state index in [1.807, 2.05) is 0 Å². The Balaban J connectivity index is 1.93. The van der Waals surface area contributed by atoms with E-state index in [9.17, 15) is 21.6 Å². The number of hydrogen-bond acceptors (Lipinski definition) is 5. The molecular formula is C20H16F3N5O3S. The highest BCUT2D eigenvalue weighted by Crippen LogP contribution is 2.38. The van der Waals surface area contributed by atoms with E-state index in [0.717, 1.165) is 10.7 Å². The number of rotatable bonds is 5. The van der Waals surface area contributed by atoms with Crippen LogP contribution in [0, 0.1) is 0 Å². The van der Waals surface area contributed by atoms with Gasteiger partial charge in [-0.3, -0.25) is 5.10 Å². The van der Waals surface area contributed by atoms with Gasteiger partial charge in [-0.05, 0) is 54.6 Å². The molecule has 0 atom stereocenters. The molecule has 0 saturated carbocycles. The number of methoxy groups -OCH3 is 1. The second kappa shape index (κ2) is 7.80. The second-order valence-corrected chi connectivity index (χ2v) is 8.31. The average molecular weight is 463 g/mol. The molecule has 0 aliphatic rings. The number of H-pyrrole nitrogens is 1. The Kier molecular flexibility index (Phi) is 5.26. The van der Waals surface area contributed by atoms with Crippen molar-refractivity contribution in [2.24, 2.45) is 5.14 Å². The number of nitrogens with one attached hydrogen (secondary N) is 1. The van der Waals surface area contributed by atoms with Crippen LogP contribution in [0.1, 0.15) is 5.69 Å². The predicted octanol–water partition coefficient (Wildman–Crippen LogP) is 3.60. The normalized spacial score (nSPS) is 12.2. The molecule has 3 N–H and O–H groups in total. The Morgan fingerprint density at radius 3 is 2.34 bits per heavy atom. The van der Waals surface area contributed by atoms with Gasteiger partial charge in [-0.25, -0.2) is 18.2 Å². The minimum Gasteiger partial charge on any atom is -0.496 e. The van der Waals surface area contributed by atoms with Gasteiger partial charge in [0.2, 0.25) is 10.0 Å². The van der Waals surface area contributed by atoms with Crippen molar-refractivity contribution in [3.8, 4) is 34.0 Å². The minimum atomic E-state index is -4.70. The maximum Gasteiger partial charge on any atom is 0.435 e. The van der Waals surface area contributed by atoms with Crippen LogP contribution in [0.15, 0.2) is 65.7 Å². The lowest BCUT2D eigenvalue weighted by molar-refractivity contribution is -0.141. The van der Waals surface area contributed by atoms with Crippen LogP contribution in [0.3, 0.4) is 0 Å². The van der Waals surface area contributed by atoms with Crippen LogP contribution in [-0.2, 0) is 16.2 Å². The molecule has 0 saturated heterocycles. The van der Waals surface area contributed by atoms with Gasteiger partial charge in [0, 0.05) is 17.3 Å². The summed E-state index contributed by atoms with van der Waals surface area (Å²) in [6.07, 6.45) is -3.15. The number of nitrogens with zero attached hydrogens (tertiary/aromatic N) is 3. The summed E-state index contributed by atoms with van der Waals surface area (Å²) < 4.78 is 70.0. The van der Waals surface area contributed by atoms with E-state index >= 15 is 0 Å². The summed E-state index contributed by atoms with van der Waals surface area (Å²) in [5, 5.41) is 15.5. The molecule has 4 rings (SSSR count). The molecule has 12 heteroatoms. The molecule has 0 bridgehead atoms. The Hall–Kier alpha value is -3.64. The van der Waals surface area contributed by atoms with E-state index in [1.54, 1.807) is 30.5 Å². The Bertz CT molecular complexity index is 1360. The topological polar surface area (TPSA) is 116 Å². The third kappa shape index (κ3) is 4.09. The van der Waals surface area contributed by atoms with Gasteiger partial charge >= 0.3 is 6.18 Å². The first-order valence-electron chi connectivity index (χ1n) is 9.06. The zero-order valence-corrected chi connectivity index (χ0v) is 17.3. The van der Waals surface area contributed by atoms with Crippen LogP contribution in [0.5, 0.6) is 5.75 Å². The predicted molar refractivity (Wildman–Crippen MR) is 110 cm³/mol. The Morgan fingerprint density at radius 1 is 1.06 bits per heavy atom. The minimum absolute atomic E-state index is 0.0962. The van der Waals surface area contributed by atoms with Crippen LogP contribution in [-0.4, -0.2) is 35.5 Å². The molecule has 2 aromatic heterocycles. The second-order valence-electron chi connectivity index (χ2n) is 6.75. The smallest absolute Gasteiger partial charge is 0.435 e. The number of aromatic nitrogens is 4. The van der Waals surface area contributed by atoms with E-state index in [0.29, 0.717) is 22.6 Å². The van der Waals surface area contributed by atoms with Gasteiger partial charge in [-0.15, -0.1) is 0 Å². The van der Waals surface area contributed by atoms with Gasteiger partial charge in [0.05, 0.1) is 29.1 Å². The highest BCUT2D eigenvalue weighted by Gasteiger charge is 2.35. The summed E-state index contributed by atoms with van der Waals surface area (Å²) in [6, 6.07) is 12.7. The number of sulfonamides is 1. The molecule has 2 aromatic carbocycles. The lowest BCUT2D eigenvalue weighted by atomic mass is 10.0. The number of hydrogen-bond donors (Lipinski definition) is 2. The van der Waals surface area contributed by atoms with Gasteiger partial charge in [0.1, 0.15) is 5.75 Å². The number of halogens is 3. The molecular weight excluding hydrogens is 447 g/mol. The van der Waals surface area contributed by atoms with Crippen LogP contribution in [0.25, 0.3) is 28.2 Å². The summed E-state index contributed by atoms with van der Waals surface area (Å²) in [7, 11) is -2.56. The summed E-state index contributed by atoms with van der Waals surface area (Å²) in [6.45, 7) is 0. The molecule has 0 aliphatic heterocycles. The number of aromatic amines is 1. The third-order valence-corrected chi connectivity index (χ3v) is 5.63. The lowest BCUT2D eigenvalue weighted by Gasteiger charge is -2.13. The van der Waals surface area contributed by atoms with Crippen molar-refractivity contribution in [1.82, 2.24) is 20.0 Å². The number of benzene rings is 2. The summed E-state index contributed by atoms with van der Waals surface area (Å²) in [5.74, 6) is 0.323. The van der Waals surface area contributed by atoms with Crippen molar-refractivity contribution in [1.29, 1.82) is 0 Å². The number of nitrogens with two attached hydrogens (primary N) is 1. The van der Waals surface area contributed by atoms with E-state index in [-0.39, 0.29) is 16.3 Å². The van der Waals surface area contributed by atoms with Gasteiger partial charge in [0.15, 0.2) is 5.69 Å². The van der Waals surface area contributed by atoms with Crippen molar-refractivity contribution >= 4 is 10.0 Å². The van der Waals surface area contributed by atoms with Crippen LogP contribution in [0.2, 0.25) is 0 Å². The Morgan fingerprint density at radius 2 is 1.78 bits per heavy atom. The summed E-state index contributed by atoms with van der Waals surface area (Å²) in [4.78, 5) is -0.176. The molecule has 0 radical (unpaired) electrons. The first kappa shape index (κ1) is 21.6. The first-order valence-corrected chi connectivity index (χ1v) is 10.6. The largest absolute Gasteiger partial charge is 0.496 e. The fourth-order valence-corrected chi connectivity index (χ4v) is 3.69. The number of ether oxygens (including phenoxy) is 1. The molecule has 166 valence electrons. The summed E-state index contributed by atoms with van der Waals surface area (Å²) in [5.41, 5.74) is 0.864. The van der Waals surface area contributed by atoms with Gasteiger partial charge < -0.3 is 4.74 Å². The van der Waals surface area contributed by atoms with Crippen molar-refractivity contribution in [3.63, 3.8) is 0 Å². The first-order chi connectivity index (χ1) is 15.1. The van der Waals surface area contributed by atoms with E-state index < -0.39 is 21.9 Å². The lowest BCUT2D eigenvalue weighted by Crippen LogP contribution is -2.12. The van der Waals surface area contributed by atoms with E-state index in [4.69, 9.17) is 9.88 Å². The molecule has 2 heterocycles. The Labute approximate surface area is 180 Å². The molecule has 0 aliphatic carbocycles. The molecule has 4 aromatic rings. The molecule has 0 amide bonds. The van der Waals surface area contributed by atoms with Gasteiger partial charge in [-0.2, -0.15) is 23.4 Å². The molecule has 0 spiro atoms. The molecule has 32 heavy (non-hydrogen) atoms. The van der Waals surface area contributed by atoms with Gasteiger partial charge in [0.25, 0.3) is 0 Å². The number of primary sulfonamides is 1. The van der Waals surface area contributed by atoms with Crippen molar-refractivity contribution in [3.05, 3.63) is 66.5 Å². The monoisotopic (exact) mass is 463 g/mol.